The van der Waals surface area contributed by atoms with Crippen LogP contribution in [0.15, 0.2) is 18.2 Å². The van der Waals surface area contributed by atoms with E-state index >= 15 is 0 Å². The Balaban J connectivity index is 2.31. The third-order valence-corrected chi connectivity index (χ3v) is 3.13. The summed E-state index contributed by atoms with van der Waals surface area (Å²) < 4.78 is 5.67. The van der Waals surface area contributed by atoms with Crippen LogP contribution in [0.2, 0.25) is 0 Å². The van der Waals surface area contributed by atoms with Gasteiger partial charge < -0.3 is 4.74 Å². The highest BCUT2D eigenvalue weighted by molar-refractivity contribution is 5.34. The SMILES string of the molecule is CC(C)c1ccc2c(c1)COC[C@@H](C)C2. The first-order chi connectivity index (χ1) is 7.16. The minimum absolute atomic E-state index is 0.607. The minimum Gasteiger partial charge on any atom is -0.376 e. The van der Waals surface area contributed by atoms with E-state index in [0.717, 1.165) is 19.6 Å². The standard InChI is InChI=1S/C14H20O/c1-10(2)12-4-5-13-6-11(3)8-15-9-14(13)7-12/h4-5,7,10-11H,6,8-9H2,1-3H3/t11-/m0/s1. The molecule has 82 valence electrons. The molecule has 15 heavy (non-hydrogen) atoms. The fourth-order valence-corrected chi connectivity index (χ4v) is 2.14. The van der Waals surface area contributed by atoms with Crippen LogP contribution in [-0.2, 0) is 17.8 Å². The molecule has 0 unspecified atom stereocenters. The lowest BCUT2D eigenvalue weighted by atomic mass is 9.94. The summed E-state index contributed by atoms with van der Waals surface area (Å²) in [6.07, 6.45) is 1.16. The number of ether oxygens (including phenoxy) is 1. The molecule has 0 spiro atoms. The highest BCUT2D eigenvalue weighted by atomic mass is 16.5. The predicted molar refractivity (Wildman–Crippen MR) is 63.1 cm³/mol. The zero-order chi connectivity index (χ0) is 10.8. The van der Waals surface area contributed by atoms with Crippen LogP contribution in [0.5, 0.6) is 0 Å². The molecule has 0 aliphatic carbocycles. The monoisotopic (exact) mass is 204 g/mol. The van der Waals surface area contributed by atoms with Crippen molar-refractivity contribution in [3.8, 4) is 0 Å². The summed E-state index contributed by atoms with van der Waals surface area (Å²) in [5.74, 6) is 1.26. The largest absolute Gasteiger partial charge is 0.376 e. The molecular formula is C14H20O. The Morgan fingerprint density at radius 3 is 2.80 bits per heavy atom. The molecule has 0 bridgehead atoms. The van der Waals surface area contributed by atoms with E-state index in [4.69, 9.17) is 4.74 Å². The van der Waals surface area contributed by atoms with Gasteiger partial charge in [-0.25, -0.2) is 0 Å². The van der Waals surface area contributed by atoms with Crippen LogP contribution in [-0.4, -0.2) is 6.61 Å². The van der Waals surface area contributed by atoms with E-state index in [0.29, 0.717) is 11.8 Å². The van der Waals surface area contributed by atoms with Crippen LogP contribution >= 0.6 is 0 Å². The maximum absolute atomic E-state index is 5.67. The van der Waals surface area contributed by atoms with Crippen molar-refractivity contribution in [3.63, 3.8) is 0 Å². The molecule has 1 aliphatic heterocycles. The second-order valence-electron chi connectivity index (χ2n) is 5.01. The van der Waals surface area contributed by atoms with Gasteiger partial charge in [-0.3, -0.25) is 0 Å². The Kier molecular flexibility index (Phi) is 3.11. The number of benzene rings is 1. The average Bonchev–Trinajstić information content (AvgIpc) is 2.37. The third-order valence-electron chi connectivity index (χ3n) is 3.13. The first-order valence-electron chi connectivity index (χ1n) is 5.86. The van der Waals surface area contributed by atoms with Crippen LogP contribution in [0.4, 0.5) is 0 Å². The van der Waals surface area contributed by atoms with E-state index in [9.17, 15) is 0 Å². The number of fused-ring (bicyclic) bond motifs is 1. The summed E-state index contributed by atoms with van der Waals surface area (Å²) in [4.78, 5) is 0. The summed E-state index contributed by atoms with van der Waals surface area (Å²) >= 11 is 0. The lowest BCUT2D eigenvalue weighted by molar-refractivity contribution is 0.100. The van der Waals surface area contributed by atoms with Gasteiger partial charge in [-0.2, -0.15) is 0 Å². The lowest BCUT2D eigenvalue weighted by Crippen LogP contribution is -2.03. The maximum Gasteiger partial charge on any atom is 0.0719 e. The smallest absolute Gasteiger partial charge is 0.0719 e. The van der Waals surface area contributed by atoms with Gasteiger partial charge in [0.1, 0.15) is 0 Å². The fourth-order valence-electron chi connectivity index (χ4n) is 2.14. The molecule has 1 atom stereocenters. The van der Waals surface area contributed by atoms with Crippen molar-refractivity contribution in [2.24, 2.45) is 5.92 Å². The highest BCUT2D eigenvalue weighted by Gasteiger charge is 2.14. The molecule has 2 rings (SSSR count). The van der Waals surface area contributed by atoms with E-state index < -0.39 is 0 Å². The van der Waals surface area contributed by atoms with Crippen molar-refractivity contribution in [3.05, 3.63) is 34.9 Å². The first-order valence-corrected chi connectivity index (χ1v) is 5.86. The lowest BCUT2D eigenvalue weighted by Gasteiger charge is -2.11. The van der Waals surface area contributed by atoms with Crippen LogP contribution < -0.4 is 0 Å². The summed E-state index contributed by atoms with van der Waals surface area (Å²) in [7, 11) is 0. The average molecular weight is 204 g/mol. The fraction of sp³-hybridized carbons (Fsp3) is 0.571. The molecule has 0 amide bonds. The molecule has 0 saturated heterocycles. The molecule has 1 aliphatic rings. The molecule has 1 aromatic rings. The van der Waals surface area contributed by atoms with Gasteiger partial charge in [0.05, 0.1) is 6.61 Å². The van der Waals surface area contributed by atoms with E-state index in [-0.39, 0.29) is 0 Å². The Morgan fingerprint density at radius 2 is 2.07 bits per heavy atom. The van der Waals surface area contributed by atoms with Gasteiger partial charge >= 0.3 is 0 Å². The topological polar surface area (TPSA) is 9.23 Å². The van der Waals surface area contributed by atoms with Gasteiger partial charge in [-0.05, 0) is 34.9 Å². The Bertz CT molecular complexity index is 341. The van der Waals surface area contributed by atoms with E-state index in [2.05, 4.69) is 39.0 Å². The van der Waals surface area contributed by atoms with Crippen molar-refractivity contribution in [1.29, 1.82) is 0 Å². The van der Waals surface area contributed by atoms with Gasteiger partial charge in [0, 0.05) is 6.61 Å². The quantitative estimate of drug-likeness (QED) is 0.680. The molecule has 1 nitrogen and oxygen atoms in total. The molecule has 0 fully saturated rings. The second kappa shape index (κ2) is 4.36. The summed E-state index contributed by atoms with van der Waals surface area (Å²) in [5.41, 5.74) is 4.29. The van der Waals surface area contributed by atoms with Crippen LogP contribution in [0, 0.1) is 5.92 Å². The van der Waals surface area contributed by atoms with Crippen LogP contribution in [0.25, 0.3) is 0 Å². The van der Waals surface area contributed by atoms with E-state index in [1.165, 1.54) is 16.7 Å². The maximum atomic E-state index is 5.67. The molecule has 0 aromatic heterocycles. The van der Waals surface area contributed by atoms with Gasteiger partial charge in [-0.15, -0.1) is 0 Å². The van der Waals surface area contributed by atoms with Crippen LogP contribution in [0.1, 0.15) is 43.4 Å². The molecule has 0 radical (unpaired) electrons. The number of hydrogen-bond acceptors (Lipinski definition) is 1. The molecular weight excluding hydrogens is 184 g/mol. The van der Waals surface area contributed by atoms with Gasteiger partial charge in [0.15, 0.2) is 0 Å². The van der Waals surface area contributed by atoms with Gasteiger partial charge in [-0.1, -0.05) is 39.0 Å². The first kappa shape index (κ1) is 10.7. The van der Waals surface area contributed by atoms with Crippen molar-refractivity contribution in [1.82, 2.24) is 0 Å². The number of hydrogen-bond donors (Lipinski definition) is 0. The summed E-state index contributed by atoms with van der Waals surface area (Å²) in [6.45, 7) is 8.42. The molecule has 0 saturated carbocycles. The predicted octanol–water partition coefficient (Wildman–Crippen LogP) is 3.52. The molecule has 1 heterocycles. The summed E-state index contributed by atoms with van der Waals surface area (Å²) in [6, 6.07) is 6.87. The Hall–Kier alpha value is -0.820. The zero-order valence-electron chi connectivity index (χ0n) is 9.92. The third kappa shape index (κ3) is 2.40. The van der Waals surface area contributed by atoms with E-state index in [1.807, 2.05) is 0 Å². The Morgan fingerprint density at radius 1 is 1.27 bits per heavy atom. The molecule has 0 N–H and O–H groups in total. The summed E-state index contributed by atoms with van der Waals surface area (Å²) in [5, 5.41) is 0. The van der Waals surface area contributed by atoms with Crippen molar-refractivity contribution in [2.45, 2.75) is 39.7 Å². The Labute approximate surface area is 92.5 Å². The van der Waals surface area contributed by atoms with E-state index in [1.54, 1.807) is 0 Å². The highest BCUT2D eigenvalue weighted by Crippen LogP contribution is 2.24. The molecule has 1 aromatic carbocycles. The van der Waals surface area contributed by atoms with Gasteiger partial charge in [0.25, 0.3) is 0 Å². The number of rotatable bonds is 1. The van der Waals surface area contributed by atoms with Crippen molar-refractivity contribution >= 4 is 0 Å². The van der Waals surface area contributed by atoms with Crippen molar-refractivity contribution < 1.29 is 4.74 Å². The normalized spacial score (nSPS) is 21.2. The second-order valence-corrected chi connectivity index (χ2v) is 5.01. The van der Waals surface area contributed by atoms with Crippen molar-refractivity contribution in [2.75, 3.05) is 6.61 Å². The van der Waals surface area contributed by atoms with Crippen LogP contribution in [0.3, 0.4) is 0 Å². The zero-order valence-corrected chi connectivity index (χ0v) is 9.92. The van der Waals surface area contributed by atoms with Gasteiger partial charge in [0.2, 0.25) is 0 Å². The molecule has 1 heteroatoms. The minimum atomic E-state index is 0.607.